The topological polar surface area (TPSA) is 38.8 Å². The number of carbonyl (C=O) groups is 1. The van der Waals surface area contributed by atoms with Crippen LogP contribution in [0.1, 0.15) is 55.6 Å². The highest BCUT2D eigenvalue weighted by atomic mass is 16.5. The fourth-order valence-corrected chi connectivity index (χ4v) is 5.02. The summed E-state index contributed by atoms with van der Waals surface area (Å²) in [5.74, 6) is 0.931. The summed E-state index contributed by atoms with van der Waals surface area (Å²) in [6.45, 7) is 1.92. The van der Waals surface area contributed by atoms with Gasteiger partial charge in [0.05, 0.1) is 0 Å². The first-order chi connectivity index (χ1) is 13.8. The predicted molar refractivity (Wildman–Crippen MR) is 108 cm³/mol. The predicted octanol–water partition coefficient (Wildman–Crippen LogP) is 4.87. The van der Waals surface area contributed by atoms with E-state index in [1.807, 2.05) is 48.5 Å². The van der Waals surface area contributed by atoms with Gasteiger partial charge in [0.1, 0.15) is 23.5 Å². The lowest BCUT2D eigenvalue weighted by Crippen LogP contribution is -2.36. The fourth-order valence-electron chi connectivity index (χ4n) is 5.02. The molecule has 5 rings (SSSR count). The van der Waals surface area contributed by atoms with Gasteiger partial charge in [-0.2, -0.15) is 0 Å². The number of nitrogens with zero attached hydrogens (tertiary/aromatic N) is 1. The van der Waals surface area contributed by atoms with E-state index in [2.05, 4.69) is 4.90 Å². The van der Waals surface area contributed by atoms with E-state index in [9.17, 15) is 4.79 Å². The molecule has 2 aliphatic heterocycles. The van der Waals surface area contributed by atoms with Crippen molar-refractivity contribution in [1.82, 2.24) is 4.90 Å². The molecule has 0 radical (unpaired) electrons. The third kappa shape index (κ3) is 3.30. The van der Waals surface area contributed by atoms with Gasteiger partial charge in [0.25, 0.3) is 0 Å². The minimum atomic E-state index is -0.412. The van der Waals surface area contributed by atoms with Crippen LogP contribution in [0, 0.1) is 0 Å². The average molecular weight is 377 g/mol. The van der Waals surface area contributed by atoms with Gasteiger partial charge in [-0.3, -0.25) is 9.69 Å². The van der Waals surface area contributed by atoms with Gasteiger partial charge >= 0.3 is 5.97 Å². The molecule has 4 heteroatoms. The largest absolute Gasteiger partial charge is 0.460 e. The third-order valence-electron chi connectivity index (χ3n) is 6.47. The van der Waals surface area contributed by atoms with Crippen LogP contribution in [0.5, 0.6) is 11.5 Å². The number of esters is 1. The van der Waals surface area contributed by atoms with Crippen molar-refractivity contribution < 1.29 is 14.3 Å². The van der Waals surface area contributed by atoms with Crippen LogP contribution in [0.4, 0.5) is 0 Å². The number of likely N-dealkylation sites (tertiary alicyclic amines) is 1. The molecular weight excluding hydrogens is 350 g/mol. The molecule has 0 aromatic heterocycles. The van der Waals surface area contributed by atoms with Crippen LogP contribution in [0.2, 0.25) is 0 Å². The summed E-state index contributed by atoms with van der Waals surface area (Å²) in [5.41, 5.74) is 1.79. The van der Waals surface area contributed by atoms with Crippen molar-refractivity contribution >= 4 is 5.97 Å². The molecule has 2 aromatic carbocycles. The molecule has 0 spiro atoms. The Morgan fingerprint density at radius 3 is 2.21 bits per heavy atom. The molecule has 28 heavy (non-hydrogen) atoms. The van der Waals surface area contributed by atoms with Crippen molar-refractivity contribution in [2.45, 2.75) is 56.6 Å². The summed E-state index contributed by atoms with van der Waals surface area (Å²) in [5, 5.41) is 0. The Kier molecular flexibility index (Phi) is 4.81. The molecule has 2 aromatic rings. The van der Waals surface area contributed by atoms with Crippen LogP contribution < -0.4 is 4.74 Å². The number of fused-ring (bicyclic) bond motifs is 2. The summed E-state index contributed by atoms with van der Waals surface area (Å²) in [7, 11) is 0. The molecule has 146 valence electrons. The quantitative estimate of drug-likeness (QED) is 0.715. The van der Waals surface area contributed by atoms with Gasteiger partial charge in [-0.05, 0) is 31.4 Å². The molecular formula is C24H27NO3. The van der Waals surface area contributed by atoms with E-state index in [4.69, 9.17) is 9.47 Å². The van der Waals surface area contributed by atoms with Crippen LogP contribution >= 0.6 is 0 Å². The zero-order valence-electron chi connectivity index (χ0n) is 16.2. The maximum Gasteiger partial charge on any atom is 0.318 e. The molecule has 2 heterocycles. The lowest BCUT2D eigenvalue weighted by molar-refractivity contribution is -0.149. The van der Waals surface area contributed by atoms with Gasteiger partial charge in [-0.25, -0.2) is 0 Å². The molecule has 1 atom stereocenters. The minimum Gasteiger partial charge on any atom is -0.460 e. The molecule has 1 unspecified atom stereocenters. The molecule has 0 bridgehead atoms. The van der Waals surface area contributed by atoms with Crippen molar-refractivity contribution in [3.05, 3.63) is 59.7 Å². The van der Waals surface area contributed by atoms with Crippen molar-refractivity contribution in [3.63, 3.8) is 0 Å². The number of rotatable bonds is 3. The summed E-state index contributed by atoms with van der Waals surface area (Å²) >= 11 is 0. The average Bonchev–Trinajstić information content (AvgIpc) is 3.21. The molecule has 4 nitrogen and oxygen atoms in total. The molecule has 0 amide bonds. The van der Waals surface area contributed by atoms with Gasteiger partial charge in [0.15, 0.2) is 0 Å². The zero-order valence-corrected chi connectivity index (χ0v) is 16.2. The van der Waals surface area contributed by atoms with E-state index in [-0.39, 0.29) is 12.1 Å². The van der Waals surface area contributed by atoms with E-state index in [1.54, 1.807) is 0 Å². The van der Waals surface area contributed by atoms with E-state index < -0.39 is 5.92 Å². The second-order valence-corrected chi connectivity index (χ2v) is 8.25. The lowest BCUT2D eigenvalue weighted by atomic mass is 9.88. The Hall–Kier alpha value is -2.33. The second-order valence-electron chi connectivity index (χ2n) is 8.25. The van der Waals surface area contributed by atoms with Crippen LogP contribution in [0.25, 0.3) is 0 Å². The highest BCUT2D eigenvalue weighted by Gasteiger charge is 2.37. The van der Waals surface area contributed by atoms with Gasteiger partial charge in [-0.15, -0.1) is 0 Å². The first-order valence-corrected chi connectivity index (χ1v) is 10.6. The zero-order chi connectivity index (χ0) is 18.9. The minimum absolute atomic E-state index is 0.00315. The van der Waals surface area contributed by atoms with E-state index in [0.717, 1.165) is 42.1 Å². The highest BCUT2D eigenvalue weighted by Crippen LogP contribution is 2.44. The number of hydrogen-bond acceptors (Lipinski definition) is 4. The maximum atomic E-state index is 13.3. The third-order valence-corrected chi connectivity index (χ3v) is 6.47. The van der Waals surface area contributed by atoms with Crippen molar-refractivity contribution in [3.8, 4) is 11.5 Å². The van der Waals surface area contributed by atoms with Gasteiger partial charge < -0.3 is 9.47 Å². The van der Waals surface area contributed by atoms with E-state index >= 15 is 0 Å². The molecule has 0 N–H and O–H groups in total. The summed E-state index contributed by atoms with van der Waals surface area (Å²) in [6, 6.07) is 16.3. The van der Waals surface area contributed by atoms with Crippen LogP contribution in [-0.2, 0) is 9.53 Å². The molecule has 1 saturated carbocycles. The highest BCUT2D eigenvalue weighted by molar-refractivity contribution is 5.85. The van der Waals surface area contributed by atoms with Gasteiger partial charge in [0, 0.05) is 30.3 Å². The van der Waals surface area contributed by atoms with Crippen molar-refractivity contribution in [2.24, 2.45) is 0 Å². The van der Waals surface area contributed by atoms with Crippen molar-refractivity contribution in [1.29, 1.82) is 0 Å². The fraction of sp³-hybridized carbons (Fsp3) is 0.458. The number of benzene rings is 2. The molecule has 2 fully saturated rings. The normalized spacial score (nSPS) is 22.9. The first kappa shape index (κ1) is 17.7. The second kappa shape index (κ2) is 7.59. The number of carbonyl (C=O) groups excluding carboxylic acids is 1. The standard InChI is InChI=1S/C24H27NO3/c26-24(27-18-14-15-25(16-18)17-8-2-1-3-9-17)23-19-10-4-6-12-21(19)28-22-13-7-5-11-20(22)23/h4-7,10-13,17-18,23H,1-3,8-9,14-16H2. The molecule has 1 aliphatic carbocycles. The van der Waals surface area contributed by atoms with Gasteiger partial charge in [-0.1, -0.05) is 55.7 Å². The van der Waals surface area contributed by atoms with Crippen LogP contribution in [0.15, 0.2) is 48.5 Å². The van der Waals surface area contributed by atoms with E-state index in [1.165, 1.54) is 32.1 Å². The number of ether oxygens (including phenoxy) is 2. The maximum absolute atomic E-state index is 13.3. The lowest BCUT2D eigenvalue weighted by Gasteiger charge is -2.31. The Labute approximate surface area is 166 Å². The summed E-state index contributed by atoms with van der Waals surface area (Å²) < 4.78 is 12.1. The Morgan fingerprint density at radius 2 is 1.54 bits per heavy atom. The van der Waals surface area contributed by atoms with Crippen LogP contribution in [0.3, 0.4) is 0 Å². The van der Waals surface area contributed by atoms with Crippen LogP contribution in [-0.4, -0.2) is 36.1 Å². The van der Waals surface area contributed by atoms with E-state index in [0.29, 0.717) is 6.04 Å². The Balaban J connectivity index is 1.33. The number of para-hydroxylation sites is 2. The number of hydrogen-bond donors (Lipinski definition) is 0. The summed E-state index contributed by atoms with van der Waals surface area (Å²) in [6.07, 6.45) is 7.56. The Morgan fingerprint density at radius 1 is 0.893 bits per heavy atom. The first-order valence-electron chi connectivity index (χ1n) is 10.6. The smallest absolute Gasteiger partial charge is 0.318 e. The van der Waals surface area contributed by atoms with Gasteiger partial charge in [0.2, 0.25) is 0 Å². The van der Waals surface area contributed by atoms with Crippen molar-refractivity contribution in [2.75, 3.05) is 13.1 Å². The SMILES string of the molecule is O=C(OC1CCN(C2CCCCC2)C1)C1c2ccccc2Oc2ccccc21. The summed E-state index contributed by atoms with van der Waals surface area (Å²) in [4.78, 5) is 15.8. The molecule has 1 saturated heterocycles. The monoisotopic (exact) mass is 377 g/mol. The Bertz CT molecular complexity index is 813. The molecule has 3 aliphatic rings.